The maximum absolute atomic E-state index is 6.14. The number of ether oxygens (including phenoxy) is 4. The van der Waals surface area contributed by atoms with E-state index in [9.17, 15) is 0 Å². The number of methoxy groups -OCH3 is 2. The topological polar surface area (TPSA) is 36.9 Å². The van der Waals surface area contributed by atoms with Crippen LogP contribution in [0.1, 0.15) is 51.8 Å². The van der Waals surface area contributed by atoms with Crippen LogP contribution in [-0.2, 0) is 16.1 Å². The van der Waals surface area contributed by atoms with Gasteiger partial charge in [0.05, 0.1) is 24.9 Å². The first kappa shape index (κ1) is 21.3. The molecule has 0 spiro atoms. The van der Waals surface area contributed by atoms with Gasteiger partial charge in [-0.3, -0.25) is 0 Å². The van der Waals surface area contributed by atoms with Gasteiger partial charge in [-0.15, -0.1) is 0 Å². The highest BCUT2D eigenvalue weighted by Gasteiger charge is 2.38. The van der Waals surface area contributed by atoms with Gasteiger partial charge in [0.25, 0.3) is 0 Å². The summed E-state index contributed by atoms with van der Waals surface area (Å²) >= 11 is 0. The molecule has 0 aliphatic rings. The molecule has 0 saturated carbocycles. The zero-order valence-electron chi connectivity index (χ0n) is 17.5. The molecule has 0 radical (unpaired) electrons. The lowest BCUT2D eigenvalue weighted by Crippen LogP contribution is -2.48. The average Bonchev–Trinajstić information content (AvgIpc) is 2.67. The van der Waals surface area contributed by atoms with Gasteiger partial charge in [0.15, 0.2) is 11.5 Å². The monoisotopic (exact) mass is 372 g/mol. The van der Waals surface area contributed by atoms with Crippen LogP contribution < -0.4 is 9.47 Å². The Kier molecular flexibility index (Phi) is 6.90. The van der Waals surface area contributed by atoms with Crippen molar-refractivity contribution in [1.82, 2.24) is 0 Å². The van der Waals surface area contributed by atoms with Crippen LogP contribution in [0.4, 0.5) is 0 Å². The molecule has 0 aliphatic heterocycles. The van der Waals surface area contributed by atoms with Gasteiger partial charge in [-0.05, 0) is 57.9 Å². The molecule has 148 valence electrons. The lowest BCUT2D eigenvalue weighted by molar-refractivity contribution is -0.169. The molecule has 4 nitrogen and oxygen atoms in total. The fraction of sp³-hybridized carbons (Fsp3) is 0.478. The molecule has 0 saturated heterocycles. The normalized spacial score (nSPS) is 13.3. The van der Waals surface area contributed by atoms with Gasteiger partial charge < -0.3 is 18.9 Å². The van der Waals surface area contributed by atoms with Crippen LogP contribution in [0.5, 0.6) is 11.5 Å². The van der Waals surface area contributed by atoms with Crippen LogP contribution in [0.2, 0.25) is 0 Å². The Hall–Kier alpha value is -2.04. The second-order valence-electron chi connectivity index (χ2n) is 7.67. The average molecular weight is 373 g/mol. The minimum atomic E-state index is -0.439. The van der Waals surface area contributed by atoms with Crippen molar-refractivity contribution in [2.45, 2.75) is 58.5 Å². The van der Waals surface area contributed by atoms with Crippen molar-refractivity contribution >= 4 is 0 Å². The Morgan fingerprint density at radius 2 is 1.52 bits per heavy atom. The lowest BCUT2D eigenvalue weighted by Gasteiger charge is -2.40. The molecule has 2 aromatic rings. The fourth-order valence-corrected chi connectivity index (χ4v) is 2.57. The molecule has 0 bridgehead atoms. The second kappa shape index (κ2) is 8.77. The SMILES string of the molecule is COc1cc(COC(C)(C)C(C)(C)OC)ccc1OC(C)c1ccccc1. The van der Waals surface area contributed by atoms with Crippen molar-refractivity contribution in [2.24, 2.45) is 0 Å². The fourth-order valence-electron chi connectivity index (χ4n) is 2.57. The van der Waals surface area contributed by atoms with Gasteiger partial charge in [0, 0.05) is 7.11 Å². The van der Waals surface area contributed by atoms with Crippen molar-refractivity contribution in [3.8, 4) is 11.5 Å². The van der Waals surface area contributed by atoms with Gasteiger partial charge >= 0.3 is 0 Å². The van der Waals surface area contributed by atoms with Crippen LogP contribution in [0.15, 0.2) is 48.5 Å². The summed E-state index contributed by atoms with van der Waals surface area (Å²) in [7, 11) is 3.35. The minimum absolute atomic E-state index is 0.0661. The molecule has 0 fully saturated rings. The molecular formula is C23H32O4. The first-order chi connectivity index (χ1) is 12.7. The third kappa shape index (κ3) is 5.24. The number of hydrogen-bond acceptors (Lipinski definition) is 4. The van der Waals surface area contributed by atoms with Gasteiger partial charge in [-0.25, -0.2) is 0 Å². The summed E-state index contributed by atoms with van der Waals surface area (Å²) < 4.78 is 23.4. The van der Waals surface area contributed by atoms with Crippen molar-refractivity contribution in [2.75, 3.05) is 14.2 Å². The van der Waals surface area contributed by atoms with Gasteiger partial charge in [0.2, 0.25) is 0 Å². The molecular weight excluding hydrogens is 340 g/mol. The van der Waals surface area contributed by atoms with Crippen LogP contribution in [0.3, 0.4) is 0 Å². The smallest absolute Gasteiger partial charge is 0.162 e. The Morgan fingerprint density at radius 1 is 0.852 bits per heavy atom. The molecule has 2 rings (SSSR count). The van der Waals surface area contributed by atoms with Crippen LogP contribution in [0, 0.1) is 0 Å². The predicted octanol–water partition coefficient (Wildman–Crippen LogP) is 5.56. The van der Waals surface area contributed by atoms with E-state index in [4.69, 9.17) is 18.9 Å². The van der Waals surface area contributed by atoms with Gasteiger partial charge in [-0.2, -0.15) is 0 Å². The zero-order chi connectivity index (χ0) is 20.1. The third-order valence-corrected chi connectivity index (χ3v) is 5.36. The van der Waals surface area contributed by atoms with Crippen LogP contribution >= 0.6 is 0 Å². The van der Waals surface area contributed by atoms with E-state index >= 15 is 0 Å². The van der Waals surface area contributed by atoms with E-state index in [2.05, 4.69) is 12.1 Å². The highest BCUT2D eigenvalue weighted by Crippen LogP contribution is 2.34. The molecule has 0 aromatic heterocycles. The maximum atomic E-state index is 6.14. The molecule has 0 N–H and O–H groups in total. The number of hydrogen-bond donors (Lipinski definition) is 0. The summed E-state index contributed by atoms with van der Waals surface area (Å²) in [6.45, 7) is 10.6. The molecule has 0 amide bonds. The summed E-state index contributed by atoms with van der Waals surface area (Å²) in [5.41, 5.74) is 1.30. The minimum Gasteiger partial charge on any atom is -0.493 e. The first-order valence-electron chi connectivity index (χ1n) is 9.28. The summed E-state index contributed by atoms with van der Waals surface area (Å²) in [6.07, 6.45) is -0.0661. The third-order valence-electron chi connectivity index (χ3n) is 5.36. The van der Waals surface area contributed by atoms with Crippen LogP contribution in [-0.4, -0.2) is 25.4 Å². The lowest BCUT2D eigenvalue weighted by atomic mass is 9.89. The molecule has 4 heteroatoms. The Bertz CT molecular complexity index is 722. The standard InChI is InChI=1S/C23H32O4/c1-17(19-11-9-8-10-12-19)27-20-14-13-18(15-21(20)24-6)16-26-23(4,5)22(2,3)25-7/h8-15,17H,16H2,1-7H3. The van der Waals surface area contributed by atoms with E-state index in [0.29, 0.717) is 18.1 Å². The predicted molar refractivity (Wildman–Crippen MR) is 108 cm³/mol. The second-order valence-corrected chi connectivity index (χ2v) is 7.67. The molecule has 0 heterocycles. The van der Waals surface area contributed by atoms with E-state index in [1.807, 2.05) is 71.0 Å². The first-order valence-corrected chi connectivity index (χ1v) is 9.28. The molecule has 1 unspecified atom stereocenters. The van der Waals surface area contributed by atoms with Gasteiger partial charge in [0.1, 0.15) is 6.10 Å². The van der Waals surface area contributed by atoms with Crippen molar-refractivity contribution < 1.29 is 18.9 Å². The quantitative estimate of drug-likeness (QED) is 0.578. The highest BCUT2D eigenvalue weighted by atomic mass is 16.6. The number of benzene rings is 2. The molecule has 2 aromatic carbocycles. The van der Waals surface area contributed by atoms with E-state index in [1.54, 1.807) is 14.2 Å². The maximum Gasteiger partial charge on any atom is 0.162 e. The Balaban J connectivity index is 2.10. The summed E-state index contributed by atoms with van der Waals surface area (Å²) in [4.78, 5) is 0. The molecule has 1 atom stereocenters. The van der Waals surface area contributed by atoms with Gasteiger partial charge in [-0.1, -0.05) is 36.4 Å². The zero-order valence-corrected chi connectivity index (χ0v) is 17.5. The van der Waals surface area contributed by atoms with E-state index in [1.165, 1.54) is 0 Å². The van der Waals surface area contributed by atoms with Crippen LogP contribution in [0.25, 0.3) is 0 Å². The van der Waals surface area contributed by atoms with E-state index < -0.39 is 11.2 Å². The van der Waals surface area contributed by atoms with Crippen molar-refractivity contribution in [1.29, 1.82) is 0 Å². The highest BCUT2D eigenvalue weighted by molar-refractivity contribution is 5.43. The van der Waals surface area contributed by atoms with E-state index in [0.717, 1.165) is 11.1 Å². The van der Waals surface area contributed by atoms with Crippen molar-refractivity contribution in [3.63, 3.8) is 0 Å². The molecule has 27 heavy (non-hydrogen) atoms. The van der Waals surface area contributed by atoms with Crippen molar-refractivity contribution in [3.05, 3.63) is 59.7 Å². The Labute approximate surface area is 163 Å². The largest absolute Gasteiger partial charge is 0.493 e. The summed E-state index contributed by atoms with van der Waals surface area (Å²) in [5.74, 6) is 1.41. The number of rotatable bonds is 9. The summed E-state index contributed by atoms with van der Waals surface area (Å²) in [6, 6.07) is 16.0. The summed E-state index contributed by atoms with van der Waals surface area (Å²) in [5, 5.41) is 0. The van der Waals surface area contributed by atoms with E-state index in [-0.39, 0.29) is 6.10 Å². The Morgan fingerprint density at radius 3 is 2.11 bits per heavy atom. The molecule has 0 aliphatic carbocycles.